The van der Waals surface area contributed by atoms with Crippen LogP contribution in [-0.2, 0) is 4.84 Å². The number of rotatable bonds is 5. The second-order valence-electron chi connectivity index (χ2n) is 2.96. The molecule has 0 aromatic heterocycles. The zero-order valence-corrected chi connectivity index (χ0v) is 8.77. The third-order valence-corrected chi connectivity index (χ3v) is 2.05. The van der Waals surface area contributed by atoms with E-state index in [1.54, 1.807) is 25.3 Å². The molecular weight excluding hydrogens is 198 g/mol. The van der Waals surface area contributed by atoms with Gasteiger partial charge in [0.1, 0.15) is 17.6 Å². The van der Waals surface area contributed by atoms with Crippen LogP contribution in [0.5, 0.6) is 11.5 Å². The van der Waals surface area contributed by atoms with Gasteiger partial charge in [0.25, 0.3) is 0 Å². The summed E-state index contributed by atoms with van der Waals surface area (Å²) < 4.78 is 10.2. The number of hydrogen-bond acceptors (Lipinski definition) is 5. The number of nitrogens with two attached hydrogens (primary N) is 1. The van der Waals surface area contributed by atoms with Gasteiger partial charge in [-0.3, -0.25) is 0 Å². The fraction of sp³-hybridized carbons (Fsp3) is 0.400. The van der Waals surface area contributed by atoms with Crippen LogP contribution >= 0.6 is 0 Å². The molecule has 0 spiro atoms. The Kier molecular flexibility index (Phi) is 4.36. The largest absolute Gasteiger partial charge is 0.497 e. The first kappa shape index (κ1) is 11.8. The van der Waals surface area contributed by atoms with E-state index in [1.165, 1.54) is 7.11 Å². The molecule has 5 nitrogen and oxygen atoms in total. The Morgan fingerprint density at radius 3 is 2.60 bits per heavy atom. The lowest BCUT2D eigenvalue weighted by molar-refractivity contribution is 0.0347. The Balaban J connectivity index is 2.96. The van der Waals surface area contributed by atoms with Gasteiger partial charge in [-0.1, -0.05) is 0 Å². The van der Waals surface area contributed by atoms with E-state index >= 15 is 0 Å². The van der Waals surface area contributed by atoms with Crippen LogP contribution in [-0.4, -0.2) is 25.9 Å². The molecule has 1 atom stereocenters. The molecule has 0 aliphatic rings. The monoisotopic (exact) mass is 213 g/mol. The van der Waals surface area contributed by atoms with E-state index in [1.807, 2.05) is 0 Å². The Bertz CT molecular complexity index is 316. The molecular formula is C10H15NO4. The van der Waals surface area contributed by atoms with Crippen LogP contribution in [0.25, 0.3) is 0 Å². The van der Waals surface area contributed by atoms with Crippen molar-refractivity contribution in [3.8, 4) is 11.5 Å². The minimum atomic E-state index is -0.809. The highest BCUT2D eigenvalue weighted by Crippen LogP contribution is 2.29. The SMILES string of the molecule is COc1ccc(C(O)CON)c(OC)c1. The van der Waals surface area contributed by atoms with Gasteiger partial charge in [0, 0.05) is 11.6 Å². The van der Waals surface area contributed by atoms with Crippen molar-refractivity contribution in [2.24, 2.45) is 5.90 Å². The normalized spacial score (nSPS) is 12.3. The highest BCUT2D eigenvalue weighted by molar-refractivity contribution is 5.41. The average Bonchev–Trinajstić information content (AvgIpc) is 2.28. The number of aliphatic hydroxyl groups is 1. The van der Waals surface area contributed by atoms with Crippen LogP contribution in [0.3, 0.4) is 0 Å². The second kappa shape index (κ2) is 5.55. The molecule has 1 rings (SSSR count). The molecule has 1 aromatic carbocycles. The summed E-state index contributed by atoms with van der Waals surface area (Å²) in [5, 5.41) is 9.67. The molecule has 84 valence electrons. The van der Waals surface area contributed by atoms with Gasteiger partial charge < -0.3 is 19.4 Å². The van der Waals surface area contributed by atoms with Gasteiger partial charge in [0.05, 0.1) is 20.8 Å². The predicted molar refractivity (Wildman–Crippen MR) is 54.6 cm³/mol. The Morgan fingerprint density at radius 2 is 2.07 bits per heavy atom. The predicted octanol–water partition coefficient (Wildman–Crippen LogP) is 0.628. The molecule has 0 aliphatic heterocycles. The van der Waals surface area contributed by atoms with Crippen LogP contribution in [0.4, 0.5) is 0 Å². The Labute approximate surface area is 88.3 Å². The van der Waals surface area contributed by atoms with Crippen molar-refractivity contribution in [3.63, 3.8) is 0 Å². The molecule has 0 heterocycles. The summed E-state index contributed by atoms with van der Waals surface area (Å²) in [7, 11) is 3.09. The second-order valence-corrected chi connectivity index (χ2v) is 2.96. The summed E-state index contributed by atoms with van der Waals surface area (Å²) in [6.45, 7) is 0.0166. The highest BCUT2D eigenvalue weighted by Gasteiger charge is 2.13. The number of methoxy groups -OCH3 is 2. The summed E-state index contributed by atoms with van der Waals surface area (Å²) in [5.74, 6) is 6.09. The summed E-state index contributed by atoms with van der Waals surface area (Å²) in [5.41, 5.74) is 0.615. The van der Waals surface area contributed by atoms with Gasteiger partial charge >= 0.3 is 0 Å². The molecule has 0 saturated heterocycles. The van der Waals surface area contributed by atoms with Gasteiger partial charge in [-0.2, -0.15) is 0 Å². The lowest BCUT2D eigenvalue weighted by Crippen LogP contribution is -2.11. The van der Waals surface area contributed by atoms with Crippen molar-refractivity contribution >= 4 is 0 Å². The fourth-order valence-electron chi connectivity index (χ4n) is 1.27. The maximum atomic E-state index is 9.67. The molecule has 0 aliphatic carbocycles. The molecule has 0 bridgehead atoms. The Morgan fingerprint density at radius 1 is 1.33 bits per heavy atom. The van der Waals surface area contributed by atoms with Gasteiger partial charge in [0.15, 0.2) is 0 Å². The minimum Gasteiger partial charge on any atom is -0.497 e. The van der Waals surface area contributed by atoms with Crippen molar-refractivity contribution in [1.82, 2.24) is 0 Å². The third kappa shape index (κ3) is 2.82. The van der Waals surface area contributed by atoms with Crippen LogP contribution in [0, 0.1) is 0 Å². The first-order valence-electron chi connectivity index (χ1n) is 4.44. The van der Waals surface area contributed by atoms with Gasteiger partial charge in [-0.15, -0.1) is 0 Å². The van der Waals surface area contributed by atoms with Crippen LogP contribution < -0.4 is 15.4 Å². The van der Waals surface area contributed by atoms with E-state index in [4.69, 9.17) is 15.4 Å². The van der Waals surface area contributed by atoms with Gasteiger partial charge in [-0.05, 0) is 12.1 Å². The zero-order valence-electron chi connectivity index (χ0n) is 8.77. The van der Waals surface area contributed by atoms with Crippen molar-refractivity contribution in [3.05, 3.63) is 23.8 Å². The van der Waals surface area contributed by atoms with E-state index in [0.717, 1.165) is 0 Å². The molecule has 15 heavy (non-hydrogen) atoms. The maximum Gasteiger partial charge on any atom is 0.128 e. The first-order valence-corrected chi connectivity index (χ1v) is 4.44. The number of ether oxygens (including phenoxy) is 2. The van der Waals surface area contributed by atoms with Crippen molar-refractivity contribution in [2.75, 3.05) is 20.8 Å². The molecule has 0 radical (unpaired) electrons. The van der Waals surface area contributed by atoms with Gasteiger partial charge in [0.2, 0.25) is 0 Å². The zero-order chi connectivity index (χ0) is 11.3. The number of hydrogen-bond donors (Lipinski definition) is 2. The van der Waals surface area contributed by atoms with E-state index in [0.29, 0.717) is 17.1 Å². The quantitative estimate of drug-likeness (QED) is 0.702. The van der Waals surface area contributed by atoms with Gasteiger partial charge in [-0.25, -0.2) is 5.90 Å². The molecule has 5 heteroatoms. The van der Waals surface area contributed by atoms with E-state index < -0.39 is 6.10 Å². The van der Waals surface area contributed by atoms with E-state index in [-0.39, 0.29) is 6.61 Å². The number of aliphatic hydroxyl groups excluding tert-OH is 1. The molecule has 0 fully saturated rings. The van der Waals surface area contributed by atoms with Crippen molar-refractivity contribution in [1.29, 1.82) is 0 Å². The lowest BCUT2D eigenvalue weighted by atomic mass is 10.1. The van der Waals surface area contributed by atoms with E-state index in [2.05, 4.69) is 4.84 Å². The molecule has 3 N–H and O–H groups in total. The average molecular weight is 213 g/mol. The van der Waals surface area contributed by atoms with Crippen LogP contribution in [0.2, 0.25) is 0 Å². The van der Waals surface area contributed by atoms with Crippen molar-refractivity contribution < 1.29 is 19.4 Å². The van der Waals surface area contributed by atoms with E-state index in [9.17, 15) is 5.11 Å². The third-order valence-electron chi connectivity index (χ3n) is 2.05. The van der Waals surface area contributed by atoms with Crippen molar-refractivity contribution in [2.45, 2.75) is 6.10 Å². The molecule has 0 amide bonds. The molecule has 1 unspecified atom stereocenters. The molecule has 1 aromatic rings. The van der Waals surface area contributed by atoms with Crippen LogP contribution in [0.15, 0.2) is 18.2 Å². The topological polar surface area (TPSA) is 73.9 Å². The maximum absolute atomic E-state index is 9.67. The standard InChI is InChI=1S/C10H15NO4/c1-13-7-3-4-8(9(12)6-15-11)10(5-7)14-2/h3-5,9,12H,6,11H2,1-2H3. The fourth-order valence-corrected chi connectivity index (χ4v) is 1.27. The Hall–Kier alpha value is -1.30. The van der Waals surface area contributed by atoms with Crippen LogP contribution in [0.1, 0.15) is 11.7 Å². The minimum absolute atomic E-state index is 0.0166. The molecule has 0 saturated carbocycles. The first-order chi connectivity index (χ1) is 7.22. The lowest BCUT2D eigenvalue weighted by Gasteiger charge is -2.14. The number of benzene rings is 1. The summed E-state index contributed by atoms with van der Waals surface area (Å²) in [4.78, 5) is 4.38. The highest BCUT2D eigenvalue weighted by atomic mass is 16.6. The smallest absolute Gasteiger partial charge is 0.128 e. The summed E-state index contributed by atoms with van der Waals surface area (Å²) >= 11 is 0. The summed E-state index contributed by atoms with van der Waals surface area (Å²) in [6, 6.07) is 5.13. The summed E-state index contributed by atoms with van der Waals surface area (Å²) in [6.07, 6.45) is -0.809.